The molecule has 0 bridgehead atoms. The Morgan fingerprint density at radius 1 is 1.10 bits per heavy atom. The van der Waals surface area contributed by atoms with Crippen LogP contribution in [0, 0.1) is 0 Å². The van der Waals surface area contributed by atoms with Crippen molar-refractivity contribution in [3.8, 4) is 5.69 Å². The monoisotopic (exact) mass is 272 g/mol. The SMILES string of the molecule is CC(C)NCCCNCc1ccn(-c2ccccc2)n1. The second-order valence-corrected chi connectivity index (χ2v) is 5.23. The standard InChI is InChI=1S/C16H24N4/c1-14(2)18-11-6-10-17-13-15-9-12-20(19-15)16-7-4-3-5-8-16/h3-5,7-9,12,14,17-18H,6,10-11,13H2,1-2H3. The molecule has 1 aromatic heterocycles. The summed E-state index contributed by atoms with van der Waals surface area (Å²) in [5, 5.41) is 11.4. The van der Waals surface area contributed by atoms with Crippen molar-refractivity contribution in [1.82, 2.24) is 20.4 Å². The fourth-order valence-corrected chi connectivity index (χ4v) is 2.00. The minimum absolute atomic E-state index is 0.566. The van der Waals surface area contributed by atoms with Crippen molar-refractivity contribution in [2.24, 2.45) is 0 Å². The van der Waals surface area contributed by atoms with E-state index in [1.165, 1.54) is 0 Å². The van der Waals surface area contributed by atoms with Crippen molar-refractivity contribution in [1.29, 1.82) is 0 Å². The number of aromatic nitrogens is 2. The zero-order chi connectivity index (χ0) is 14.2. The van der Waals surface area contributed by atoms with Crippen LogP contribution in [-0.4, -0.2) is 28.9 Å². The molecule has 1 aromatic carbocycles. The molecule has 0 radical (unpaired) electrons. The van der Waals surface area contributed by atoms with E-state index < -0.39 is 0 Å². The number of hydrogen-bond donors (Lipinski definition) is 2. The Labute approximate surface area is 121 Å². The molecule has 0 fully saturated rings. The number of nitrogens with zero attached hydrogens (tertiary/aromatic N) is 2. The predicted molar refractivity (Wildman–Crippen MR) is 83.0 cm³/mol. The van der Waals surface area contributed by atoms with Crippen LogP contribution in [0.15, 0.2) is 42.6 Å². The average Bonchev–Trinajstić information content (AvgIpc) is 2.92. The molecule has 0 aliphatic heterocycles. The Kier molecular flexibility index (Phi) is 5.77. The number of rotatable bonds is 8. The van der Waals surface area contributed by atoms with E-state index in [9.17, 15) is 0 Å². The van der Waals surface area contributed by atoms with Crippen molar-refractivity contribution < 1.29 is 0 Å². The third-order valence-corrected chi connectivity index (χ3v) is 3.05. The van der Waals surface area contributed by atoms with Gasteiger partial charge in [0.05, 0.1) is 11.4 Å². The van der Waals surface area contributed by atoms with Gasteiger partial charge in [-0.2, -0.15) is 5.10 Å². The van der Waals surface area contributed by atoms with E-state index in [2.05, 4.69) is 47.8 Å². The number of benzene rings is 1. The van der Waals surface area contributed by atoms with E-state index in [0.717, 1.165) is 37.4 Å². The summed E-state index contributed by atoms with van der Waals surface area (Å²) in [5.41, 5.74) is 2.17. The van der Waals surface area contributed by atoms with Crippen LogP contribution in [0.2, 0.25) is 0 Å². The maximum atomic E-state index is 4.57. The normalized spacial score (nSPS) is 11.2. The highest BCUT2D eigenvalue weighted by Crippen LogP contribution is 2.06. The maximum absolute atomic E-state index is 4.57. The predicted octanol–water partition coefficient (Wildman–Crippen LogP) is 2.35. The van der Waals surface area contributed by atoms with Crippen LogP contribution < -0.4 is 10.6 Å². The molecule has 4 nitrogen and oxygen atoms in total. The second kappa shape index (κ2) is 7.82. The largest absolute Gasteiger partial charge is 0.314 e. The molecule has 0 unspecified atom stereocenters. The zero-order valence-corrected chi connectivity index (χ0v) is 12.3. The van der Waals surface area contributed by atoms with Crippen LogP contribution in [0.25, 0.3) is 5.69 Å². The first-order valence-corrected chi connectivity index (χ1v) is 7.30. The molecule has 0 atom stereocenters. The first-order valence-electron chi connectivity index (χ1n) is 7.30. The average molecular weight is 272 g/mol. The van der Waals surface area contributed by atoms with Gasteiger partial charge in [0.2, 0.25) is 0 Å². The summed E-state index contributed by atoms with van der Waals surface area (Å²) in [5.74, 6) is 0. The second-order valence-electron chi connectivity index (χ2n) is 5.23. The molecule has 0 aliphatic rings. The highest BCUT2D eigenvalue weighted by molar-refractivity contribution is 5.30. The fourth-order valence-electron chi connectivity index (χ4n) is 2.00. The van der Waals surface area contributed by atoms with Gasteiger partial charge in [0.1, 0.15) is 0 Å². The van der Waals surface area contributed by atoms with Gasteiger partial charge in [-0.1, -0.05) is 32.0 Å². The Morgan fingerprint density at radius 2 is 1.90 bits per heavy atom. The maximum Gasteiger partial charge on any atom is 0.0766 e. The molecule has 2 rings (SSSR count). The van der Waals surface area contributed by atoms with Crippen molar-refractivity contribution >= 4 is 0 Å². The zero-order valence-electron chi connectivity index (χ0n) is 12.3. The van der Waals surface area contributed by atoms with Crippen molar-refractivity contribution in [2.75, 3.05) is 13.1 Å². The molecule has 20 heavy (non-hydrogen) atoms. The van der Waals surface area contributed by atoms with Gasteiger partial charge in [0.25, 0.3) is 0 Å². The summed E-state index contributed by atoms with van der Waals surface area (Å²) >= 11 is 0. The Bertz CT molecular complexity index is 490. The lowest BCUT2D eigenvalue weighted by Crippen LogP contribution is -2.26. The quantitative estimate of drug-likeness (QED) is 0.725. The van der Waals surface area contributed by atoms with Crippen LogP contribution in [0.5, 0.6) is 0 Å². The molecule has 0 aliphatic carbocycles. The third kappa shape index (κ3) is 4.79. The van der Waals surface area contributed by atoms with E-state index in [1.54, 1.807) is 0 Å². The number of nitrogens with one attached hydrogen (secondary N) is 2. The molecule has 0 amide bonds. The van der Waals surface area contributed by atoms with E-state index in [1.807, 2.05) is 29.1 Å². The lowest BCUT2D eigenvalue weighted by Gasteiger charge is -2.07. The number of para-hydroxylation sites is 1. The summed E-state index contributed by atoms with van der Waals surface area (Å²) in [6.45, 7) is 7.23. The van der Waals surface area contributed by atoms with Crippen molar-refractivity contribution in [2.45, 2.75) is 32.9 Å². The van der Waals surface area contributed by atoms with Crippen molar-refractivity contribution in [3.63, 3.8) is 0 Å². The molecule has 0 spiro atoms. The van der Waals surface area contributed by atoms with Gasteiger partial charge in [-0.3, -0.25) is 0 Å². The summed E-state index contributed by atoms with van der Waals surface area (Å²) in [6.07, 6.45) is 3.14. The van der Waals surface area contributed by atoms with Gasteiger partial charge < -0.3 is 10.6 Å². The molecule has 2 aromatic rings. The number of hydrogen-bond acceptors (Lipinski definition) is 3. The van der Waals surface area contributed by atoms with Gasteiger partial charge in [0, 0.05) is 18.8 Å². The summed E-state index contributed by atoms with van der Waals surface area (Å²) in [4.78, 5) is 0. The van der Waals surface area contributed by atoms with Crippen molar-refractivity contribution in [3.05, 3.63) is 48.3 Å². The Hall–Kier alpha value is -1.65. The van der Waals surface area contributed by atoms with Gasteiger partial charge in [-0.25, -0.2) is 4.68 Å². The fraction of sp³-hybridized carbons (Fsp3) is 0.438. The lowest BCUT2D eigenvalue weighted by atomic mass is 10.3. The Balaban J connectivity index is 1.71. The van der Waals surface area contributed by atoms with Crippen LogP contribution in [0.1, 0.15) is 26.0 Å². The van der Waals surface area contributed by atoms with Gasteiger partial charge in [-0.05, 0) is 37.7 Å². The summed E-state index contributed by atoms with van der Waals surface area (Å²) in [7, 11) is 0. The Morgan fingerprint density at radius 3 is 2.65 bits per heavy atom. The van der Waals surface area contributed by atoms with Crippen LogP contribution in [-0.2, 0) is 6.54 Å². The van der Waals surface area contributed by atoms with Crippen LogP contribution in [0.4, 0.5) is 0 Å². The highest BCUT2D eigenvalue weighted by atomic mass is 15.3. The minimum atomic E-state index is 0.566. The molecule has 4 heteroatoms. The molecule has 0 saturated carbocycles. The molecule has 1 heterocycles. The minimum Gasteiger partial charge on any atom is -0.314 e. The first kappa shape index (κ1) is 14.8. The molecular formula is C16H24N4. The summed E-state index contributed by atoms with van der Waals surface area (Å²) < 4.78 is 1.91. The third-order valence-electron chi connectivity index (χ3n) is 3.05. The van der Waals surface area contributed by atoms with Crippen LogP contribution in [0.3, 0.4) is 0 Å². The van der Waals surface area contributed by atoms with Gasteiger partial charge in [-0.15, -0.1) is 0 Å². The smallest absolute Gasteiger partial charge is 0.0766 e. The summed E-state index contributed by atoms with van der Waals surface area (Å²) in [6, 6.07) is 12.8. The van der Waals surface area contributed by atoms with Gasteiger partial charge in [0.15, 0.2) is 0 Å². The van der Waals surface area contributed by atoms with E-state index in [0.29, 0.717) is 6.04 Å². The first-order chi connectivity index (χ1) is 9.75. The topological polar surface area (TPSA) is 41.9 Å². The molecule has 108 valence electrons. The molecular weight excluding hydrogens is 248 g/mol. The molecule has 0 saturated heterocycles. The highest BCUT2D eigenvalue weighted by Gasteiger charge is 2.00. The molecule has 2 N–H and O–H groups in total. The van der Waals surface area contributed by atoms with E-state index >= 15 is 0 Å². The lowest BCUT2D eigenvalue weighted by molar-refractivity contribution is 0.545. The van der Waals surface area contributed by atoms with E-state index in [4.69, 9.17) is 0 Å². The van der Waals surface area contributed by atoms with Crippen LogP contribution >= 0.6 is 0 Å². The van der Waals surface area contributed by atoms with E-state index in [-0.39, 0.29) is 0 Å². The van der Waals surface area contributed by atoms with Gasteiger partial charge >= 0.3 is 0 Å².